The fraction of sp³-hybridized carbons (Fsp3) is 0.133. The van der Waals surface area contributed by atoms with Gasteiger partial charge in [-0.25, -0.2) is 8.78 Å². The Morgan fingerprint density at radius 3 is 2.60 bits per heavy atom. The maximum absolute atomic E-state index is 13.3. The van der Waals surface area contributed by atoms with Crippen molar-refractivity contribution in [1.29, 1.82) is 0 Å². The average Bonchev–Trinajstić information content (AvgIpc) is 2.41. The highest BCUT2D eigenvalue weighted by Crippen LogP contribution is 2.15. The van der Waals surface area contributed by atoms with Crippen LogP contribution in [0.15, 0.2) is 42.5 Å². The summed E-state index contributed by atoms with van der Waals surface area (Å²) in [6.07, 6.45) is 0. The van der Waals surface area contributed by atoms with E-state index in [1.165, 1.54) is 29.2 Å². The zero-order valence-corrected chi connectivity index (χ0v) is 10.9. The molecule has 2 aromatic rings. The molecule has 0 unspecified atom stereocenters. The summed E-state index contributed by atoms with van der Waals surface area (Å²) in [5.41, 5.74) is 6.23. The van der Waals surface area contributed by atoms with Crippen LogP contribution < -0.4 is 5.73 Å². The molecule has 2 rings (SSSR count). The predicted molar refractivity (Wildman–Crippen MR) is 73.0 cm³/mol. The highest BCUT2D eigenvalue weighted by atomic mass is 19.1. The molecular weight excluding hydrogens is 262 g/mol. The van der Waals surface area contributed by atoms with Gasteiger partial charge in [0.15, 0.2) is 0 Å². The van der Waals surface area contributed by atoms with Gasteiger partial charge < -0.3 is 10.6 Å². The second-order valence-corrected chi connectivity index (χ2v) is 4.53. The molecule has 0 spiro atoms. The lowest BCUT2D eigenvalue weighted by atomic mass is 10.1. The van der Waals surface area contributed by atoms with Crippen molar-refractivity contribution in [2.75, 3.05) is 12.8 Å². The first-order valence-corrected chi connectivity index (χ1v) is 6.02. The van der Waals surface area contributed by atoms with Crippen molar-refractivity contribution in [2.45, 2.75) is 6.54 Å². The summed E-state index contributed by atoms with van der Waals surface area (Å²) in [6, 6.07) is 9.89. The minimum absolute atomic E-state index is 0.00525. The average molecular weight is 276 g/mol. The lowest BCUT2D eigenvalue weighted by Gasteiger charge is -2.17. The van der Waals surface area contributed by atoms with Crippen LogP contribution in [0.1, 0.15) is 15.9 Å². The number of halogens is 2. The number of nitrogen functional groups attached to an aromatic ring is 1. The molecule has 0 bridgehead atoms. The number of carbonyl (C=O) groups excluding carboxylic acids is 1. The molecule has 104 valence electrons. The normalized spacial score (nSPS) is 10.3. The van der Waals surface area contributed by atoms with Gasteiger partial charge in [-0.2, -0.15) is 0 Å². The van der Waals surface area contributed by atoms with E-state index >= 15 is 0 Å². The number of benzene rings is 2. The molecule has 0 saturated heterocycles. The van der Waals surface area contributed by atoms with Crippen LogP contribution in [0.5, 0.6) is 0 Å². The second-order valence-electron chi connectivity index (χ2n) is 4.53. The predicted octanol–water partition coefficient (Wildman–Crippen LogP) is 2.82. The third-order valence-corrected chi connectivity index (χ3v) is 2.90. The Labute approximate surface area is 115 Å². The quantitative estimate of drug-likeness (QED) is 0.876. The molecular formula is C15H14F2N2O. The topological polar surface area (TPSA) is 46.3 Å². The summed E-state index contributed by atoms with van der Waals surface area (Å²) in [5, 5.41) is 0. The summed E-state index contributed by atoms with van der Waals surface area (Å²) < 4.78 is 26.4. The standard InChI is InChI=1S/C15H14F2N2O/c1-19(9-10-3-2-4-12(16)7-10)15(20)11-5-6-14(18)13(17)8-11/h2-8H,9,18H2,1H3. The van der Waals surface area contributed by atoms with Crippen molar-refractivity contribution in [1.82, 2.24) is 4.90 Å². The van der Waals surface area contributed by atoms with Gasteiger partial charge in [0, 0.05) is 19.2 Å². The van der Waals surface area contributed by atoms with Crippen LogP contribution in [0, 0.1) is 11.6 Å². The second kappa shape index (κ2) is 5.69. The monoisotopic (exact) mass is 276 g/mol. The van der Waals surface area contributed by atoms with Gasteiger partial charge in [0.05, 0.1) is 5.69 Å². The van der Waals surface area contributed by atoms with Crippen molar-refractivity contribution in [3.63, 3.8) is 0 Å². The van der Waals surface area contributed by atoms with Gasteiger partial charge in [0.1, 0.15) is 11.6 Å². The lowest BCUT2D eigenvalue weighted by Crippen LogP contribution is -2.26. The van der Waals surface area contributed by atoms with E-state index in [4.69, 9.17) is 5.73 Å². The molecule has 0 saturated carbocycles. The summed E-state index contributed by atoms with van der Waals surface area (Å²) in [5.74, 6) is -1.34. The van der Waals surface area contributed by atoms with E-state index in [1.807, 2.05) is 0 Å². The summed E-state index contributed by atoms with van der Waals surface area (Å²) in [4.78, 5) is 13.5. The Morgan fingerprint density at radius 1 is 1.20 bits per heavy atom. The molecule has 0 radical (unpaired) electrons. The van der Waals surface area contributed by atoms with Crippen LogP contribution in [0.3, 0.4) is 0 Å². The molecule has 20 heavy (non-hydrogen) atoms. The summed E-state index contributed by atoms with van der Waals surface area (Å²) in [6.45, 7) is 0.239. The van der Waals surface area contributed by atoms with Crippen LogP contribution in [0.25, 0.3) is 0 Å². The molecule has 0 aliphatic rings. The number of hydrogen-bond donors (Lipinski definition) is 1. The maximum Gasteiger partial charge on any atom is 0.254 e. The van der Waals surface area contributed by atoms with E-state index in [0.29, 0.717) is 5.56 Å². The van der Waals surface area contributed by atoms with Crippen LogP contribution in [0.2, 0.25) is 0 Å². The molecule has 0 aliphatic heterocycles. The summed E-state index contributed by atoms with van der Waals surface area (Å²) >= 11 is 0. The number of anilines is 1. The van der Waals surface area contributed by atoms with E-state index in [2.05, 4.69) is 0 Å². The first kappa shape index (κ1) is 14.0. The smallest absolute Gasteiger partial charge is 0.254 e. The Balaban J connectivity index is 2.14. The Kier molecular flexibility index (Phi) is 3.98. The van der Waals surface area contributed by atoms with Crippen molar-refractivity contribution < 1.29 is 13.6 Å². The van der Waals surface area contributed by atoms with E-state index in [0.717, 1.165) is 6.07 Å². The number of nitrogens with zero attached hydrogens (tertiary/aromatic N) is 1. The van der Waals surface area contributed by atoms with Crippen molar-refractivity contribution >= 4 is 11.6 Å². The van der Waals surface area contributed by atoms with Crippen LogP contribution in [0.4, 0.5) is 14.5 Å². The molecule has 0 fully saturated rings. The molecule has 3 nitrogen and oxygen atoms in total. The first-order chi connectivity index (χ1) is 9.47. The third-order valence-electron chi connectivity index (χ3n) is 2.90. The third kappa shape index (κ3) is 3.12. The van der Waals surface area contributed by atoms with Crippen molar-refractivity contribution in [2.24, 2.45) is 0 Å². The fourth-order valence-electron chi connectivity index (χ4n) is 1.86. The van der Waals surface area contributed by atoms with Crippen LogP contribution in [-0.4, -0.2) is 17.9 Å². The van der Waals surface area contributed by atoms with Gasteiger partial charge in [-0.15, -0.1) is 0 Å². The molecule has 2 aromatic carbocycles. The number of amides is 1. The molecule has 0 aliphatic carbocycles. The van der Waals surface area contributed by atoms with E-state index in [-0.39, 0.29) is 29.5 Å². The van der Waals surface area contributed by atoms with E-state index in [1.54, 1.807) is 19.2 Å². The van der Waals surface area contributed by atoms with Crippen LogP contribution in [-0.2, 0) is 6.54 Å². The largest absolute Gasteiger partial charge is 0.396 e. The lowest BCUT2D eigenvalue weighted by molar-refractivity contribution is 0.0784. The first-order valence-electron chi connectivity index (χ1n) is 6.02. The number of nitrogens with two attached hydrogens (primary N) is 1. The van der Waals surface area contributed by atoms with Crippen molar-refractivity contribution in [3.8, 4) is 0 Å². The van der Waals surface area contributed by atoms with Gasteiger partial charge >= 0.3 is 0 Å². The zero-order valence-electron chi connectivity index (χ0n) is 10.9. The van der Waals surface area contributed by atoms with Gasteiger partial charge in [0.2, 0.25) is 0 Å². The molecule has 2 N–H and O–H groups in total. The molecule has 0 atom stereocenters. The van der Waals surface area contributed by atoms with E-state index in [9.17, 15) is 13.6 Å². The highest BCUT2D eigenvalue weighted by Gasteiger charge is 2.13. The van der Waals surface area contributed by atoms with Crippen LogP contribution >= 0.6 is 0 Å². The van der Waals surface area contributed by atoms with E-state index < -0.39 is 5.82 Å². The Hall–Kier alpha value is -2.43. The minimum Gasteiger partial charge on any atom is -0.396 e. The van der Waals surface area contributed by atoms with Crippen molar-refractivity contribution in [3.05, 3.63) is 65.2 Å². The SMILES string of the molecule is CN(Cc1cccc(F)c1)C(=O)c1ccc(N)c(F)c1. The Bertz CT molecular complexity index is 644. The number of hydrogen-bond acceptors (Lipinski definition) is 2. The Morgan fingerprint density at radius 2 is 1.95 bits per heavy atom. The summed E-state index contributed by atoms with van der Waals surface area (Å²) in [7, 11) is 1.57. The molecule has 0 aromatic heterocycles. The zero-order chi connectivity index (χ0) is 14.7. The van der Waals surface area contributed by atoms with Gasteiger partial charge in [0.25, 0.3) is 5.91 Å². The highest BCUT2D eigenvalue weighted by molar-refractivity contribution is 5.94. The van der Waals surface area contributed by atoms with Gasteiger partial charge in [-0.3, -0.25) is 4.79 Å². The molecule has 0 heterocycles. The maximum atomic E-state index is 13.3. The molecule has 5 heteroatoms. The fourth-order valence-corrected chi connectivity index (χ4v) is 1.86. The molecule has 1 amide bonds. The number of rotatable bonds is 3. The number of carbonyl (C=O) groups is 1. The minimum atomic E-state index is -0.630. The van der Waals surface area contributed by atoms with Gasteiger partial charge in [-0.1, -0.05) is 12.1 Å². The van der Waals surface area contributed by atoms with Gasteiger partial charge in [-0.05, 0) is 35.9 Å².